The predicted molar refractivity (Wildman–Crippen MR) is 106 cm³/mol. The molecule has 2 aromatic carbocycles. The number of rotatable bonds is 5. The summed E-state index contributed by atoms with van der Waals surface area (Å²) in [7, 11) is 0. The highest BCUT2D eigenvalue weighted by Crippen LogP contribution is 2.30. The largest absolute Gasteiger partial charge is 0.365 e. The van der Waals surface area contributed by atoms with E-state index < -0.39 is 0 Å². The Balaban J connectivity index is 1.30. The van der Waals surface area contributed by atoms with E-state index in [-0.39, 0.29) is 6.10 Å². The Hall–Kier alpha value is -3.03. The lowest BCUT2D eigenvalue weighted by Gasteiger charge is -2.24. The molecule has 0 aliphatic carbocycles. The minimum absolute atomic E-state index is 0.0963. The Morgan fingerprint density at radius 2 is 1.86 bits per heavy atom. The Morgan fingerprint density at radius 1 is 1.03 bits per heavy atom. The molecule has 1 unspecified atom stereocenters. The summed E-state index contributed by atoms with van der Waals surface area (Å²) < 4.78 is 13.3. The second-order valence-corrected chi connectivity index (χ2v) is 7.35. The average molecular weight is 408 g/mol. The Labute approximate surface area is 172 Å². The van der Waals surface area contributed by atoms with Crippen molar-refractivity contribution in [1.29, 1.82) is 0 Å². The minimum atomic E-state index is -0.0963. The van der Waals surface area contributed by atoms with Crippen LogP contribution in [0.2, 0.25) is 5.02 Å². The Bertz CT molecular complexity index is 1110. The molecule has 29 heavy (non-hydrogen) atoms. The van der Waals surface area contributed by atoms with E-state index in [1.54, 1.807) is 0 Å². The van der Waals surface area contributed by atoms with E-state index in [0.29, 0.717) is 42.0 Å². The van der Waals surface area contributed by atoms with Gasteiger partial charge >= 0.3 is 0 Å². The molecule has 4 aromatic rings. The maximum Gasteiger partial charge on any atom is 0.227 e. The normalized spacial score (nSPS) is 16.0. The molecule has 0 N–H and O–H groups in total. The third-order valence-electron chi connectivity index (χ3n) is 4.99. The first-order chi connectivity index (χ1) is 14.3. The number of ether oxygens (including phenoxy) is 1. The summed E-state index contributed by atoms with van der Waals surface area (Å²) in [6, 6.07) is 17.9. The fourth-order valence-corrected chi connectivity index (χ4v) is 3.54. The molecule has 1 aliphatic rings. The average Bonchev–Trinajstić information content (AvgIpc) is 3.40. The molecule has 7 nitrogen and oxygen atoms in total. The first-order valence-electron chi connectivity index (χ1n) is 9.42. The lowest BCUT2D eigenvalue weighted by molar-refractivity contribution is -0.00111. The van der Waals surface area contributed by atoms with Crippen molar-refractivity contribution in [2.75, 3.05) is 0 Å². The molecular weight excluding hydrogens is 390 g/mol. The predicted octanol–water partition coefficient (Wildman–Crippen LogP) is 4.04. The van der Waals surface area contributed by atoms with Crippen LogP contribution in [0.25, 0.3) is 11.5 Å². The number of fused-ring (bicyclic) bond motifs is 1. The highest BCUT2D eigenvalue weighted by Gasteiger charge is 2.27. The number of benzene rings is 2. The maximum absolute atomic E-state index is 6.03. The molecule has 0 bridgehead atoms. The van der Waals surface area contributed by atoms with Gasteiger partial charge in [0, 0.05) is 11.4 Å². The van der Waals surface area contributed by atoms with Gasteiger partial charge in [-0.2, -0.15) is 4.98 Å². The van der Waals surface area contributed by atoms with Gasteiger partial charge in [0.05, 0.1) is 18.8 Å². The van der Waals surface area contributed by atoms with Gasteiger partial charge in [-0.1, -0.05) is 64.4 Å². The van der Waals surface area contributed by atoms with Crippen molar-refractivity contribution < 1.29 is 9.26 Å². The number of aryl methyl sites for hydroxylation is 2. The van der Waals surface area contributed by atoms with E-state index in [0.717, 1.165) is 17.7 Å². The van der Waals surface area contributed by atoms with Gasteiger partial charge < -0.3 is 9.26 Å². The molecule has 0 saturated carbocycles. The number of hydrogen-bond acceptors (Lipinski definition) is 6. The molecule has 2 aromatic heterocycles. The third kappa shape index (κ3) is 3.79. The van der Waals surface area contributed by atoms with Crippen molar-refractivity contribution in [1.82, 2.24) is 25.1 Å². The second kappa shape index (κ2) is 7.77. The van der Waals surface area contributed by atoms with Crippen molar-refractivity contribution >= 4 is 11.6 Å². The summed E-state index contributed by atoms with van der Waals surface area (Å²) in [4.78, 5) is 4.50. The molecule has 0 fully saturated rings. The van der Waals surface area contributed by atoms with Crippen LogP contribution in [0.15, 0.2) is 59.1 Å². The van der Waals surface area contributed by atoms with Crippen molar-refractivity contribution in [3.05, 3.63) is 82.3 Å². The Kier molecular flexibility index (Phi) is 4.83. The molecule has 0 radical (unpaired) electrons. The van der Waals surface area contributed by atoms with Gasteiger partial charge in [-0.05, 0) is 29.7 Å². The molecule has 0 amide bonds. The van der Waals surface area contributed by atoms with Gasteiger partial charge in [-0.15, -0.1) is 5.10 Å². The summed E-state index contributed by atoms with van der Waals surface area (Å²) >= 11 is 5.97. The minimum Gasteiger partial charge on any atom is -0.365 e. The van der Waals surface area contributed by atoms with E-state index in [9.17, 15) is 0 Å². The van der Waals surface area contributed by atoms with Gasteiger partial charge in [-0.3, -0.25) is 0 Å². The topological polar surface area (TPSA) is 78.9 Å². The van der Waals surface area contributed by atoms with E-state index >= 15 is 0 Å². The molecule has 0 spiro atoms. The molecule has 0 saturated heterocycles. The Morgan fingerprint density at radius 3 is 2.69 bits per heavy atom. The first-order valence-corrected chi connectivity index (χ1v) is 9.80. The number of nitrogens with zero attached hydrogens (tertiary/aromatic N) is 5. The van der Waals surface area contributed by atoms with Crippen LogP contribution < -0.4 is 0 Å². The zero-order valence-corrected chi connectivity index (χ0v) is 16.3. The highest BCUT2D eigenvalue weighted by atomic mass is 35.5. The maximum atomic E-state index is 6.03. The van der Waals surface area contributed by atoms with Crippen LogP contribution in [-0.2, 0) is 30.7 Å². The number of aromatic nitrogens is 5. The van der Waals surface area contributed by atoms with E-state index in [1.807, 2.05) is 47.1 Å². The monoisotopic (exact) mass is 407 g/mol. The van der Waals surface area contributed by atoms with Crippen LogP contribution in [-0.4, -0.2) is 25.1 Å². The first kappa shape index (κ1) is 18.0. The SMILES string of the molecule is Clc1ccc(C2Cn3nnc(-c4noc(CCc5ccccc5)n4)c3CO2)cc1. The second-order valence-electron chi connectivity index (χ2n) is 6.92. The quantitative estimate of drug-likeness (QED) is 0.496. The molecule has 3 heterocycles. The molecule has 1 aliphatic heterocycles. The zero-order chi connectivity index (χ0) is 19.6. The number of hydrogen-bond donors (Lipinski definition) is 0. The van der Waals surface area contributed by atoms with Crippen molar-refractivity contribution in [3.8, 4) is 11.5 Å². The van der Waals surface area contributed by atoms with Crippen LogP contribution in [0.3, 0.4) is 0 Å². The summed E-state index contributed by atoms with van der Waals surface area (Å²) in [6.07, 6.45) is 1.42. The van der Waals surface area contributed by atoms with Crippen molar-refractivity contribution in [2.45, 2.75) is 32.1 Å². The van der Waals surface area contributed by atoms with Crippen LogP contribution in [0, 0.1) is 0 Å². The fraction of sp³-hybridized carbons (Fsp3) is 0.238. The zero-order valence-electron chi connectivity index (χ0n) is 15.5. The van der Waals surface area contributed by atoms with Gasteiger partial charge in [0.25, 0.3) is 0 Å². The lowest BCUT2D eigenvalue weighted by Crippen LogP contribution is -2.22. The van der Waals surface area contributed by atoms with Crippen LogP contribution in [0.5, 0.6) is 0 Å². The lowest BCUT2D eigenvalue weighted by atomic mass is 10.1. The highest BCUT2D eigenvalue weighted by molar-refractivity contribution is 6.30. The van der Waals surface area contributed by atoms with Crippen LogP contribution >= 0.6 is 11.6 Å². The van der Waals surface area contributed by atoms with Crippen molar-refractivity contribution in [2.24, 2.45) is 0 Å². The van der Waals surface area contributed by atoms with Crippen molar-refractivity contribution in [3.63, 3.8) is 0 Å². The molecule has 5 rings (SSSR count). The van der Waals surface area contributed by atoms with Crippen LogP contribution in [0.4, 0.5) is 0 Å². The van der Waals surface area contributed by atoms with Crippen LogP contribution in [0.1, 0.15) is 28.8 Å². The van der Waals surface area contributed by atoms with E-state index in [1.165, 1.54) is 5.56 Å². The van der Waals surface area contributed by atoms with E-state index in [4.69, 9.17) is 20.9 Å². The van der Waals surface area contributed by atoms with Gasteiger partial charge in [0.2, 0.25) is 11.7 Å². The molecule has 8 heteroatoms. The number of halogens is 1. The summed E-state index contributed by atoms with van der Waals surface area (Å²) in [5, 5.41) is 13.3. The van der Waals surface area contributed by atoms with Gasteiger partial charge in [-0.25, -0.2) is 4.68 Å². The third-order valence-corrected chi connectivity index (χ3v) is 5.24. The molecular formula is C21H18ClN5O2. The van der Waals surface area contributed by atoms with E-state index in [2.05, 4.69) is 32.6 Å². The smallest absolute Gasteiger partial charge is 0.227 e. The standard InChI is InChI=1S/C21H18ClN5O2/c22-16-9-7-15(8-10-16)18-12-27-17(13-28-18)20(24-26-27)21-23-19(29-25-21)11-6-14-4-2-1-3-5-14/h1-5,7-10,18H,6,11-13H2. The fourth-order valence-electron chi connectivity index (χ4n) is 3.41. The summed E-state index contributed by atoms with van der Waals surface area (Å²) in [5.74, 6) is 1.03. The summed E-state index contributed by atoms with van der Waals surface area (Å²) in [6.45, 7) is 0.951. The molecule has 146 valence electrons. The summed E-state index contributed by atoms with van der Waals surface area (Å²) in [5.41, 5.74) is 3.75. The van der Waals surface area contributed by atoms with Gasteiger partial charge in [0.15, 0.2) is 5.69 Å². The molecule has 1 atom stereocenters. The van der Waals surface area contributed by atoms with Gasteiger partial charge in [0.1, 0.15) is 6.10 Å².